The Hall–Kier alpha value is -0.320. The maximum absolute atomic E-state index is 5.39. The number of furan rings is 1. The average molecular weight is 262 g/mol. The lowest BCUT2D eigenvalue weighted by Gasteiger charge is -2.15. The minimum atomic E-state index is 0.129. The van der Waals surface area contributed by atoms with Gasteiger partial charge in [0.15, 0.2) is 0 Å². The fraction of sp³-hybridized carbons (Fsp3) is 0.600. The van der Waals surface area contributed by atoms with Crippen molar-refractivity contribution in [1.29, 1.82) is 0 Å². The van der Waals surface area contributed by atoms with Gasteiger partial charge in [0.2, 0.25) is 0 Å². The number of hydrogen-bond acceptors (Lipinski definition) is 3. The van der Waals surface area contributed by atoms with Crippen molar-refractivity contribution in [2.75, 3.05) is 19.8 Å². The number of nitrogens with one attached hydrogen (secondary N) is 1. The van der Waals surface area contributed by atoms with Crippen LogP contribution in [-0.4, -0.2) is 19.8 Å². The topological polar surface area (TPSA) is 34.4 Å². The molecule has 3 nitrogen and oxygen atoms in total. The highest BCUT2D eigenvalue weighted by Gasteiger charge is 2.16. The largest absolute Gasteiger partial charge is 0.466 e. The Morgan fingerprint density at radius 1 is 1.57 bits per heavy atom. The van der Waals surface area contributed by atoms with Crippen molar-refractivity contribution in [2.24, 2.45) is 0 Å². The first-order valence-corrected chi connectivity index (χ1v) is 5.62. The van der Waals surface area contributed by atoms with Gasteiger partial charge in [0.25, 0.3) is 0 Å². The monoisotopic (exact) mass is 261 g/mol. The van der Waals surface area contributed by atoms with Gasteiger partial charge in [0.05, 0.1) is 23.4 Å². The number of rotatable bonds is 6. The van der Waals surface area contributed by atoms with Gasteiger partial charge in [-0.3, -0.25) is 0 Å². The van der Waals surface area contributed by atoms with Crippen molar-refractivity contribution in [2.45, 2.75) is 19.9 Å². The van der Waals surface area contributed by atoms with Gasteiger partial charge in [-0.1, -0.05) is 6.92 Å². The van der Waals surface area contributed by atoms with Crippen LogP contribution in [0.1, 0.15) is 25.6 Å². The van der Waals surface area contributed by atoms with Gasteiger partial charge in [-0.05, 0) is 35.5 Å². The average Bonchev–Trinajstić information content (AvgIpc) is 2.59. The van der Waals surface area contributed by atoms with Gasteiger partial charge in [-0.25, -0.2) is 0 Å². The third-order valence-corrected chi connectivity index (χ3v) is 2.56. The molecule has 0 aliphatic heterocycles. The predicted molar refractivity (Wildman–Crippen MR) is 59.3 cm³/mol. The Morgan fingerprint density at radius 2 is 2.36 bits per heavy atom. The third-order valence-electron chi connectivity index (χ3n) is 1.90. The van der Waals surface area contributed by atoms with Gasteiger partial charge < -0.3 is 14.5 Å². The quantitative estimate of drug-likeness (QED) is 0.856. The fourth-order valence-electron chi connectivity index (χ4n) is 1.26. The Morgan fingerprint density at radius 3 is 2.86 bits per heavy atom. The van der Waals surface area contributed by atoms with Crippen LogP contribution < -0.4 is 5.32 Å². The first-order valence-electron chi connectivity index (χ1n) is 4.83. The lowest BCUT2D eigenvalue weighted by Crippen LogP contribution is -2.25. The van der Waals surface area contributed by atoms with E-state index < -0.39 is 0 Å². The molecule has 1 rings (SSSR count). The molecule has 0 spiro atoms. The number of ether oxygens (including phenoxy) is 1. The summed E-state index contributed by atoms with van der Waals surface area (Å²) < 4.78 is 11.8. The fourth-order valence-corrected chi connectivity index (χ4v) is 1.74. The third kappa shape index (κ3) is 3.12. The molecule has 4 heteroatoms. The summed E-state index contributed by atoms with van der Waals surface area (Å²) >= 11 is 3.44. The van der Waals surface area contributed by atoms with E-state index in [1.54, 1.807) is 6.26 Å². The summed E-state index contributed by atoms with van der Waals surface area (Å²) in [6, 6.07) is 2.02. The molecule has 1 atom stereocenters. The van der Waals surface area contributed by atoms with E-state index >= 15 is 0 Å². The Balaban J connectivity index is 2.62. The van der Waals surface area contributed by atoms with Crippen LogP contribution >= 0.6 is 15.9 Å². The molecule has 0 aliphatic carbocycles. The van der Waals surface area contributed by atoms with Crippen molar-refractivity contribution >= 4 is 15.9 Å². The minimum absolute atomic E-state index is 0.129. The molecule has 1 unspecified atom stereocenters. The van der Waals surface area contributed by atoms with Crippen molar-refractivity contribution in [1.82, 2.24) is 5.32 Å². The molecule has 0 fully saturated rings. The zero-order chi connectivity index (χ0) is 10.4. The summed E-state index contributed by atoms with van der Waals surface area (Å²) in [4.78, 5) is 0. The molecule has 0 aliphatic rings. The molecule has 0 amide bonds. The molecule has 0 saturated heterocycles. The molecule has 1 N–H and O–H groups in total. The van der Waals surface area contributed by atoms with Crippen LogP contribution in [0.3, 0.4) is 0 Å². The maximum atomic E-state index is 5.39. The van der Waals surface area contributed by atoms with Crippen LogP contribution in [0.15, 0.2) is 21.2 Å². The first kappa shape index (κ1) is 11.8. The molecule has 0 radical (unpaired) electrons. The van der Waals surface area contributed by atoms with Crippen molar-refractivity contribution in [3.05, 3.63) is 22.6 Å². The van der Waals surface area contributed by atoms with E-state index in [1.165, 1.54) is 0 Å². The molecule has 14 heavy (non-hydrogen) atoms. The molecule has 1 aromatic heterocycles. The van der Waals surface area contributed by atoms with Gasteiger partial charge >= 0.3 is 0 Å². The van der Waals surface area contributed by atoms with Crippen LogP contribution in [0, 0.1) is 0 Å². The zero-order valence-electron chi connectivity index (χ0n) is 8.55. The summed E-state index contributed by atoms with van der Waals surface area (Å²) in [5.41, 5.74) is 0. The zero-order valence-corrected chi connectivity index (χ0v) is 10.1. The summed E-state index contributed by atoms with van der Waals surface area (Å²) in [5.74, 6) is 0.903. The van der Waals surface area contributed by atoms with Crippen molar-refractivity contribution in [3.63, 3.8) is 0 Å². The lowest BCUT2D eigenvalue weighted by atomic mass is 10.2. The van der Waals surface area contributed by atoms with Crippen LogP contribution in [0.2, 0.25) is 0 Å². The molecule has 80 valence electrons. The van der Waals surface area contributed by atoms with Crippen molar-refractivity contribution in [3.8, 4) is 0 Å². The highest BCUT2D eigenvalue weighted by Crippen LogP contribution is 2.24. The Labute approximate surface area is 92.9 Å². The second-order valence-corrected chi connectivity index (χ2v) is 3.76. The Bertz CT molecular complexity index is 262. The van der Waals surface area contributed by atoms with E-state index in [1.807, 2.05) is 13.0 Å². The van der Waals surface area contributed by atoms with E-state index in [-0.39, 0.29) is 6.04 Å². The normalized spacial score (nSPS) is 13.1. The predicted octanol–water partition coefficient (Wildman–Crippen LogP) is 2.73. The minimum Gasteiger partial charge on any atom is -0.466 e. The Kier molecular flexibility index (Phi) is 5.22. The standard InChI is InChI=1S/C10H16BrNO2/c1-3-12-9(7-13-4-2)10-8(11)5-6-14-10/h5-6,9,12H,3-4,7H2,1-2H3. The van der Waals surface area contributed by atoms with Gasteiger partial charge in [0.1, 0.15) is 5.76 Å². The van der Waals surface area contributed by atoms with Gasteiger partial charge in [0, 0.05) is 6.61 Å². The van der Waals surface area contributed by atoms with E-state index in [9.17, 15) is 0 Å². The van der Waals surface area contributed by atoms with E-state index in [0.29, 0.717) is 6.61 Å². The summed E-state index contributed by atoms with van der Waals surface area (Å²) in [6.45, 7) is 6.30. The van der Waals surface area contributed by atoms with Crippen LogP contribution in [0.4, 0.5) is 0 Å². The number of likely N-dealkylation sites (N-methyl/N-ethyl adjacent to an activating group) is 1. The van der Waals surface area contributed by atoms with E-state index in [2.05, 4.69) is 28.2 Å². The summed E-state index contributed by atoms with van der Waals surface area (Å²) in [5, 5.41) is 3.31. The summed E-state index contributed by atoms with van der Waals surface area (Å²) in [6.07, 6.45) is 1.68. The number of hydrogen-bond donors (Lipinski definition) is 1. The molecular weight excluding hydrogens is 246 g/mol. The molecular formula is C10H16BrNO2. The highest BCUT2D eigenvalue weighted by atomic mass is 79.9. The van der Waals surface area contributed by atoms with Crippen molar-refractivity contribution < 1.29 is 9.15 Å². The van der Waals surface area contributed by atoms with E-state index in [4.69, 9.17) is 9.15 Å². The van der Waals surface area contributed by atoms with Gasteiger partial charge in [-0.2, -0.15) is 0 Å². The smallest absolute Gasteiger partial charge is 0.137 e. The highest BCUT2D eigenvalue weighted by molar-refractivity contribution is 9.10. The lowest BCUT2D eigenvalue weighted by molar-refractivity contribution is 0.116. The van der Waals surface area contributed by atoms with Crippen LogP contribution in [0.5, 0.6) is 0 Å². The molecule has 1 aromatic rings. The first-order chi connectivity index (χ1) is 6.79. The van der Waals surface area contributed by atoms with E-state index in [0.717, 1.165) is 23.4 Å². The molecule has 1 heterocycles. The van der Waals surface area contributed by atoms with Gasteiger partial charge in [-0.15, -0.1) is 0 Å². The van der Waals surface area contributed by atoms with Crippen LogP contribution in [-0.2, 0) is 4.74 Å². The molecule has 0 aromatic carbocycles. The molecule has 0 bridgehead atoms. The molecule has 0 saturated carbocycles. The number of halogens is 1. The second kappa shape index (κ2) is 6.22. The summed E-state index contributed by atoms with van der Waals surface area (Å²) in [7, 11) is 0. The van der Waals surface area contributed by atoms with Crippen LogP contribution in [0.25, 0.3) is 0 Å². The second-order valence-electron chi connectivity index (χ2n) is 2.90. The maximum Gasteiger partial charge on any atom is 0.137 e. The SMILES string of the molecule is CCNC(COCC)c1occc1Br.